The van der Waals surface area contributed by atoms with Gasteiger partial charge in [0.25, 0.3) is 0 Å². The fourth-order valence-electron chi connectivity index (χ4n) is 2.45. The van der Waals surface area contributed by atoms with E-state index >= 15 is 0 Å². The molecule has 2 aromatic rings. The fraction of sp³-hybridized carbons (Fsp3) is 0.318. The van der Waals surface area contributed by atoms with Gasteiger partial charge in [0.05, 0.1) is 11.8 Å². The maximum atomic E-state index is 12.7. The number of halogens is 1. The lowest BCUT2D eigenvalue weighted by molar-refractivity contribution is -0.172. The van der Waals surface area contributed by atoms with Crippen LogP contribution in [-0.4, -0.2) is 24.5 Å². The molecule has 0 radical (unpaired) electrons. The van der Waals surface area contributed by atoms with Crippen LogP contribution >= 0.6 is 11.6 Å². The van der Waals surface area contributed by atoms with Crippen LogP contribution in [-0.2, 0) is 25.5 Å². The zero-order valence-corrected chi connectivity index (χ0v) is 17.1. The lowest BCUT2D eigenvalue weighted by atomic mass is 9.94. The van der Waals surface area contributed by atoms with Gasteiger partial charge in [-0.05, 0) is 63.1 Å². The monoisotopic (exact) mass is 402 g/mol. The SMILES string of the molecule is Cc1c(CC(=O)OCOC(=O)C(C)(C)C)cccc1C(=O)c1ccc(Cl)cc1. The molecule has 0 aliphatic rings. The van der Waals surface area contributed by atoms with Crippen LogP contribution in [0.4, 0.5) is 0 Å². The zero-order chi connectivity index (χ0) is 20.9. The maximum Gasteiger partial charge on any atom is 0.314 e. The molecule has 2 aromatic carbocycles. The molecular weight excluding hydrogens is 380 g/mol. The largest absolute Gasteiger partial charge is 0.428 e. The van der Waals surface area contributed by atoms with Crippen molar-refractivity contribution in [3.8, 4) is 0 Å². The number of hydrogen-bond donors (Lipinski definition) is 0. The Bertz CT molecular complexity index is 879. The van der Waals surface area contributed by atoms with Crippen molar-refractivity contribution >= 4 is 29.3 Å². The lowest BCUT2D eigenvalue weighted by Crippen LogP contribution is -2.25. The Balaban J connectivity index is 2.04. The van der Waals surface area contributed by atoms with E-state index in [4.69, 9.17) is 21.1 Å². The van der Waals surface area contributed by atoms with E-state index in [-0.39, 0.29) is 12.2 Å². The van der Waals surface area contributed by atoms with Crippen LogP contribution in [0.5, 0.6) is 0 Å². The summed E-state index contributed by atoms with van der Waals surface area (Å²) in [6, 6.07) is 11.8. The molecule has 0 unspecified atom stereocenters. The molecule has 5 nitrogen and oxygen atoms in total. The van der Waals surface area contributed by atoms with Crippen LogP contribution in [0.2, 0.25) is 5.02 Å². The summed E-state index contributed by atoms with van der Waals surface area (Å²) in [5.41, 5.74) is 1.73. The second-order valence-electron chi connectivity index (χ2n) is 7.42. The number of hydrogen-bond acceptors (Lipinski definition) is 5. The van der Waals surface area contributed by atoms with Crippen LogP contribution in [0.25, 0.3) is 0 Å². The Morgan fingerprint density at radius 3 is 2.21 bits per heavy atom. The molecule has 2 rings (SSSR count). The van der Waals surface area contributed by atoms with Crippen LogP contribution in [0.1, 0.15) is 47.8 Å². The van der Waals surface area contributed by atoms with Crippen molar-refractivity contribution in [3.05, 3.63) is 69.7 Å². The van der Waals surface area contributed by atoms with Gasteiger partial charge in [0.2, 0.25) is 6.79 Å². The van der Waals surface area contributed by atoms with Gasteiger partial charge in [-0.3, -0.25) is 14.4 Å². The predicted octanol–water partition coefficient (Wildman–Crippen LogP) is 4.51. The smallest absolute Gasteiger partial charge is 0.314 e. The van der Waals surface area contributed by atoms with Gasteiger partial charge in [0.15, 0.2) is 5.78 Å². The van der Waals surface area contributed by atoms with Crippen LogP contribution in [0.15, 0.2) is 42.5 Å². The van der Waals surface area contributed by atoms with Gasteiger partial charge in [-0.2, -0.15) is 0 Å². The van der Waals surface area contributed by atoms with E-state index in [0.29, 0.717) is 27.3 Å². The molecule has 148 valence electrons. The summed E-state index contributed by atoms with van der Waals surface area (Å²) in [7, 11) is 0. The molecule has 0 amide bonds. The zero-order valence-electron chi connectivity index (χ0n) is 16.4. The topological polar surface area (TPSA) is 69.7 Å². The van der Waals surface area contributed by atoms with E-state index < -0.39 is 24.1 Å². The summed E-state index contributed by atoms with van der Waals surface area (Å²) >= 11 is 5.87. The highest BCUT2D eigenvalue weighted by molar-refractivity contribution is 6.30. The molecule has 0 spiro atoms. The Morgan fingerprint density at radius 1 is 0.964 bits per heavy atom. The minimum Gasteiger partial charge on any atom is -0.428 e. The number of carbonyl (C=O) groups excluding carboxylic acids is 3. The van der Waals surface area contributed by atoms with Crippen molar-refractivity contribution in [2.75, 3.05) is 6.79 Å². The van der Waals surface area contributed by atoms with Crippen LogP contribution in [0, 0.1) is 12.3 Å². The van der Waals surface area contributed by atoms with Crippen molar-refractivity contribution in [2.24, 2.45) is 5.41 Å². The molecule has 0 saturated heterocycles. The Hall–Kier alpha value is -2.66. The molecule has 0 saturated carbocycles. The van der Waals surface area contributed by atoms with Gasteiger partial charge in [0, 0.05) is 16.1 Å². The van der Waals surface area contributed by atoms with Crippen LogP contribution < -0.4 is 0 Å². The van der Waals surface area contributed by atoms with Gasteiger partial charge in [0.1, 0.15) is 0 Å². The summed E-state index contributed by atoms with van der Waals surface area (Å²) in [4.78, 5) is 36.5. The number of ether oxygens (including phenoxy) is 2. The van der Waals surface area contributed by atoms with Gasteiger partial charge in [-0.15, -0.1) is 0 Å². The molecule has 28 heavy (non-hydrogen) atoms. The van der Waals surface area contributed by atoms with Crippen molar-refractivity contribution in [3.63, 3.8) is 0 Å². The molecule has 0 aliphatic heterocycles. The first-order valence-electron chi connectivity index (χ1n) is 8.81. The number of esters is 2. The first-order chi connectivity index (χ1) is 13.1. The third-order valence-corrected chi connectivity index (χ3v) is 4.41. The summed E-state index contributed by atoms with van der Waals surface area (Å²) in [6.45, 7) is 6.49. The van der Waals surface area contributed by atoms with Gasteiger partial charge < -0.3 is 9.47 Å². The van der Waals surface area contributed by atoms with E-state index in [0.717, 1.165) is 0 Å². The number of rotatable bonds is 6. The van der Waals surface area contributed by atoms with E-state index in [1.165, 1.54) is 0 Å². The van der Waals surface area contributed by atoms with Gasteiger partial charge in [-0.1, -0.05) is 29.8 Å². The highest BCUT2D eigenvalue weighted by Gasteiger charge is 2.23. The van der Waals surface area contributed by atoms with Gasteiger partial charge in [-0.25, -0.2) is 0 Å². The van der Waals surface area contributed by atoms with Crippen molar-refractivity contribution in [2.45, 2.75) is 34.1 Å². The highest BCUT2D eigenvalue weighted by atomic mass is 35.5. The third kappa shape index (κ3) is 5.67. The number of ketones is 1. The third-order valence-electron chi connectivity index (χ3n) is 4.15. The van der Waals surface area contributed by atoms with Crippen molar-refractivity contribution in [1.82, 2.24) is 0 Å². The average Bonchev–Trinajstić information content (AvgIpc) is 2.62. The van der Waals surface area contributed by atoms with Crippen molar-refractivity contribution in [1.29, 1.82) is 0 Å². The Labute approximate surface area is 169 Å². The Morgan fingerprint density at radius 2 is 1.61 bits per heavy atom. The highest BCUT2D eigenvalue weighted by Crippen LogP contribution is 2.20. The first kappa shape index (κ1) is 21.6. The van der Waals surface area contributed by atoms with E-state index in [1.807, 2.05) is 0 Å². The molecule has 6 heteroatoms. The van der Waals surface area contributed by atoms with E-state index in [2.05, 4.69) is 0 Å². The standard InChI is InChI=1S/C22H23ClO5/c1-14-16(12-19(24)27-13-28-21(26)22(2,3)4)6-5-7-18(14)20(25)15-8-10-17(23)11-9-15/h5-11H,12-13H2,1-4H3. The first-order valence-corrected chi connectivity index (χ1v) is 9.19. The van der Waals surface area contributed by atoms with E-state index in [1.54, 1.807) is 70.2 Å². The van der Waals surface area contributed by atoms with Crippen molar-refractivity contribution < 1.29 is 23.9 Å². The van der Waals surface area contributed by atoms with Crippen LogP contribution in [0.3, 0.4) is 0 Å². The minimum atomic E-state index is -0.667. The number of benzene rings is 2. The quantitative estimate of drug-likeness (QED) is 0.404. The molecule has 0 atom stereocenters. The fourth-order valence-corrected chi connectivity index (χ4v) is 2.58. The number of carbonyl (C=O) groups is 3. The predicted molar refractivity (Wildman–Crippen MR) is 106 cm³/mol. The van der Waals surface area contributed by atoms with Gasteiger partial charge >= 0.3 is 11.9 Å². The molecule has 0 aromatic heterocycles. The second-order valence-corrected chi connectivity index (χ2v) is 7.85. The maximum absolute atomic E-state index is 12.7. The second kappa shape index (κ2) is 9.02. The van der Waals surface area contributed by atoms with E-state index in [9.17, 15) is 14.4 Å². The molecule has 0 heterocycles. The molecule has 0 bridgehead atoms. The normalized spacial score (nSPS) is 11.0. The summed E-state index contributed by atoms with van der Waals surface area (Å²) < 4.78 is 9.91. The molecule has 0 fully saturated rings. The Kier molecular flexibility index (Phi) is 6.97. The summed E-state index contributed by atoms with van der Waals surface area (Å²) in [5.74, 6) is -1.14. The average molecular weight is 403 g/mol. The lowest BCUT2D eigenvalue weighted by Gasteiger charge is -2.16. The minimum absolute atomic E-state index is 0.0271. The molecular formula is C22H23ClO5. The summed E-state index contributed by atoms with van der Waals surface area (Å²) in [6.07, 6.45) is -0.0271. The molecule has 0 N–H and O–H groups in total. The molecule has 0 aliphatic carbocycles. The summed E-state index contributed by atoms with van der Waals surface area (Å²) in [5, 5.41) is 0.553.